The summed E-state index contributed by atoms with van der Waals surface area (Å²) in [6.07, 6.45) is 7.11. The maximum Gasteiger partial charge on any atom is 0.307 e. The molecular weight excluding hydrogens is 510 g/mol. The number of hydrogen-bond acceptors (Lipinski definition) is 6. The molecule has 2 fully saturated rings. The van der Waals surface area contributed by atoms with Gasteiger partial charge in [0, 0.05) is 13.1 Å². The van der Waals surface area contributed by atoms with Crippen LogP contribution in [0.4, 0.5) is 0 Å². The Bertz CT molecular complexity index is 898. The zero-order valence-corrected chi connectivity index (χ0v) is 26.1. The van der Waals surface area contributed by atoms with Crippen molar-refractivity contribution in [2.45, 2.75) is 124 Å². The number of ketones is 1. The quantitative estimate of drug-likeness (QED) is 0.219. The van der Waals surface area contributed by atoms with E-state index in [2.05, 4.69) is 31.1 Å². The van der Waals surface area contributed by atoms with Crippen molar-refractivity contribution >= 4 is 29.5 Å². The summed E-state index contributed by atoms with van der Waals surface area (Å²) in [4.78, 5) is 66.4. The van der Waals surface area contributed by atoms with E-state index in [4.69, 9.17) is 4.74 Å². The predicted molar refractivity (Wildman–Crippen MR) is 156 cm³/mol. The van der Waals surface area contributed by atoms with E-state index in [0.717, 1.165) is 19.3 Å². The number of carbonyl (C=O) groups is 5. The topological polar surface area (TPSA) is 122 Å². The van der Waals surface area contributed by atoms with Crippen molar-refractivity contribution in [2.75, 3.05) is 13.1 Å². The molecule has 0 aromatic rings. The molecule has 1 aliphatic heterocycles. The standard InChI is InChI=1S/C28H45N3O6.C3H8/c1-8-14-29-25(35)23(33)20(16-18-11-9-12-18)30-24(34)21-13-10-15-31(21)26(36)19(27(2,3)4)17-22(32)37-28(5,6)7;1-3-2/h8,18-21H,1,9-17H2,2-7H3,(H,29,35)(H,30,34);3H2,1-2H3. The van der Waals surface area contributed by atoms with Crippen LogP contribution in [-0.2, 0) is 28.7 Å². The smallest absolute Gasteiger partial charge is 0.307 e. The molecule has 1 saturated heterocycles. The Morgan fingerprint density at radius 1 is 1.00 bits per heavy atom. The Hall–Kier alpha value is -2.71. The molecule has 0 aromatic carbocycles. The SMILES string of the molecule is C=CCNC(=O)C(=O)C(CC1CCC1)NC(=O)C1CCCN1C(=O)C(CC(=O)OC(C)(C)C)C(C)(C)C.CCC. The number of amides is 3. The number of ether oxygens (including phenoxy) is 1. The zero-order chi connectivity index (χ0) is 30.7. The molecule has 40 heavy (non-hydrogen) atoms. The molecule has 3 atom stereocenters. The summed E-state index contributed by atoms with van der Waals surface area (Å²) in [5.74, 6) is -3.01. The van der Waals surface area contributed by atoms with Crippen LogP contribution in [0.5, 0.6) is 0 Å². The van der Waals surface area contributed by atoms with E-state index in [1.807, 2.05) is 20.8 Å². The summed E-state index contributed by atoms with van der Waals surface area (Å²) in [7, 11) is 0. The van der Waals surface area contributed by atoms with Gasteiger partial charge in [0.15, 0.2) is 0 Å². The minimum atomic E-state index is -0.944. The minimum Gasteiger partial charge on any atom is -0.460 e. The summed E-state index contributed by atoms with van der Waals surface area (Å²) >= 11 is 0. The Morgan fingerprint density at radius 2 is 1.60 bits per heavy atom. The molecule has 1 saturated carbocycles. The average molecular weight is 564 g/mol. The minimum absolute atomic E-state index is 0.0866. The average Bonchev–Trinajstić information content (AvgIpc) is 3.30. The second-order valence-electron chi connectivity index (χ2n) is 13.1. The van der Waals surface area contributed by atoms with Gasteiger partial charge >= 0.3 is 5.97 Å². The highest BCUT2D eigenvalue weighted by Gasteiger charge is 2.43. The van der Waals surface area contributed by atoms with E-state index in [1.165, 1.54) is 17.4 Å². The Balaban J connectivity index is 0.00000254. The van der Waals surface area contributed by atoms with E-state index in [9.17, 15) is 24.0 Å². The normalized spacial score (nSPS) is 18.8. The number of nitrogens with zero attached hydrogens (tertiary/aromatic N) is 1. The van der Waals surface area contributed by atoms with Crippen molar-refractivity contribution in [1.82, 2.24) is 15.5 Å². The van der Waals surface area contributed by atoms with E-state index >= 15 is 0 Å². The van der Waals surface area contributed by atoms with Crippen molar-refractivity contribution in [3.05, 3.63) is 12.7 Å². The summed E-state index contributed by atoms with van der Waals surface area (Å²) < 4.78 is 5.46. The first kappa shape index (κ1) is 35.3. The molecule has 228 valence electrons. The number of Topliss-reactive ketones (excluding diaryl/α,β-unsaturated/α-hetero) is 1. The molecule has 0 radical (unpaired) electrons. The molecule has 0 spiro atoms. The fraction of sp³-hybridized carbons (Fsp3) is 0.774. The number of hydrogen-bond donors (Lipinski definition) is 2. The van der Waals surface area contributed by atoms with Crippen LogP contribution in [0, 0.1) is 17.3 Å². The third-order valence-electron chi connectivity index (χ3n) is 7.03. The molecule has 3 amide bonds. The highest BCUT2D eigenvalue weighted by molar-refractivity contribution is 6.38. The van der Waals surface area contributed by atoms with Gasteiger partial charge in [-0.15, -0.1) is 6.58 Å². The van der Waals surface area contributed by atoms with E-state index in [1.54, 1.807) is 20.8 Å². The molecule has 9 heteroatoms. The summed E-state index contributed by atoms with van der Waals surface area (Å²) in [5, 5.41) is 5.28. The van der Waals surface area contributed by atoms with Crippen LogP contribution in [0.25, 0.3) is 0 Å². The van der Waals surface area contributed by atoms with Crippen LogP contribution < -0.4 is 10.6 Å². The van der Waals surface area contributed by atoms with Crippen molar-refractivity contribution < 1.29 is 28.7 Å². The largest absolute Gasteiger partial charge is 0.460 e. The lowest BCUT2D eigenvalue weighted by atomic mass is 9.77. The monoisotopic (exact) mass is 563 g/mol. The van der Waals surface area contributed by atoms with Crippen LogP contribution in [0.15, 0.2) is 12.7 Å². The van der Waals surface area contributed by atoms with Crippen molar-refractivity contribution in [3.8, 4) is 0 Å². The van der Waals surface area contributed by atoms with Gasteiger partial charge in [0.1, 0.15) is 11.6 Å². The van der Waals surface area contributed by atoms with E-state index in [0.29, 0.717) is 25.8 Å². The van der Waals surface area contributed by atoms with Gasteiger partial charge < -0.3 is 20.3 Å². The number of rotatable bonds is 11. The van der Waals surface area contributed by atoms with Gasteiger partial charge in [-0.1, -0.05) is 66.4 Å². The van der Waals surface area contributed by atoms with Gasteiger partial charge in [-0.25, -0.2) is 0 Å². The van der Waals surface area contributed by atoms with Gasteiger partial charge in [0.05, 0.1) is 18.4 Å². The summed E-state index contributed by atoms with van der Waals surface area (Å²) in [5.41, 5.74) is -1.21. The lowest BCUT2D eigenvalue weighted by Crippen LogP contribution is -2.55. The van der Waals surface area contributed by atoms with E-state index < -0.39 is 52.6 Å². The first-order chi connectivity index (χ1) is 18.5. The molecule has 1 aliphatic carbocycles. The second kappa shape index (κ2) is 15.9. The zero-order valence-electron chi connectivity index (χ0n) is 26.1. The van der Waals surface area contributed by atoms with Gasteiger partial charge in [-0.3, -0.25) is 24.0 Å². The van der Waals surface area contributed by atoms with Crippen molar-refractivity contribution in [2.24, 2.45) is 17.3 Å². The van der Waals surface area contributed by atoms with Crippen LogP contribution in [0.2, 0.25) is 0 Å². The second-order valence-corrected chi connectivity index (χ2v) is 13.1. The maximum atomic E-state index is 13.7. The highest BCUT2D eigenvalue weighted by Crippen LogP contribution is 2.34. The number of carbonyl (C=O) groups excluding carboxylic acids is 5. The maximum absolute atomic E-state index is 13.7. The number of esters is 1. The molecular formula is C31H53N3O6. The third-order valence-corrected chi connectivity index (χ3v) is 7.03. The Morgan fingerprint density at radius 3 is 2.08 bits per heavy atom. The van der Waals surface area contributed by atoms with Gasteiger partial charge in [-0.05, 0) is 51.4 Å². The van der Waals surface area contributed by atoms with Crippen molar-refractivity contribution in [3.63, 3.8) is 0 Å². The predicted octanol–water partition coefficient (Wildman–Crippen LogP) is 4.33. The lowest BCUT2D eigenvalue weighted by Gasteiger charge is -2.35. The Kier molecular flexibility index (Phi) is 14.1. The number of likely N-dealkylation sites (tertiary alicyclic amines) is 1. The third kappa shape index (κ3) is 11.4. The lowest BCUT2D eigenvalue weighted by molar-refractivity contribution is -0.161. The van der Waals surface area contributed by atoms with Crippen LogP contribution in [0.1, 0.15) is 107 Å². The highest BCUT2D eigenvalue weighted by atomic mass is 16.6. The molecule has 2 rings (SSSR count). The molecule has 3 unspecified atom stereocenters. The Labute approximate surface area is 241 Å². The number of nitrogens with one attached hydrogen (secondary N) is 2. The van der Waals surface area contributed by atoms with Crippen LogP contribution in [0.3, 0.4) is 0 Å². The molecule has 1 heterocycles. The summed E-state index contributed by atoms with van der Waals surface area (Å²) in [6.45, 7) is 19.3. The van der Waals surface area contributed by atoms with E-state index in [-0.39, 0.29) is 24.8 Å². The molecule has 2 N–H and O–H groups in total. The van der Waals surface area contributed by atoms with Gasteiger partial charge in [0.2, 0.25) is 17.6 Å². The fourth-order valence-corrected chi connectivity index (χ4v) is 4.79. The van der Waals surface area contributed by atoms with Gasteiger partial charge in [-0.2, -0.15) is 0 Å². The molecule has 0 aromatic heterocycles. The van der Waals surface area contributed by atoms with Crippen LogP contribution >= 0.6 is 0 Å². The first-order valence-corrected chi connectivity index (χ1v) is 14.8. The molecule has 0 bridgehead atoms. The van der Waals surface area contributed by atoms with Crippen LogP contribution in [-0.4, -0.2) is 65.1 Å². The summed E-state index contributed by atoms with van der Waals surface area (Å²) in [6, 6.07) is -1.70. The first-order valence-electron chi connectivity index (χ1n) is 14.8. The van der Waals surface area contributed by atoms with Gasteiger partial charge in [0.25, 0.3) is 5.91 Å². The van der Waals surface area contributed by atoms with Crippen molar-refractivity contribution in [1.29, 1.82) is 0 Å². The fourth-order valence-electron chi connectivity index (χ4n) is 4.79. The molecule has 9 nitrogen and oxygen atoms in total. The molecule has 2 aliphatic rings.